The fourth-order valence-corrected chi connectivity index (χ4v) is 0.970. The molecule has 0 rings (SSSR count). The Balaban J connectivity index is 3.86. The zero-order chi connectivity index (χ0) is 9.72. The predicted octanol–water partition coefficient (Wildman–Crippen LogP) is -0.503. The van der Waals surface area contributed by atoms with E-state index in [9.17, 15) is 0 Å². The van der Waals surface area contributed by atoms with Crippen molar-refractivity contribution in [3.05, 3.63) is 0 Å². The summed E-state index contributed by atoms with van der Waals surface area (Å²) in [6, 6.07) is 0. The molecule has 4 N–H and O–H groups in total. The first kappa shape index (κ1) is 11.7. The van der Waals surface area contributed by atoms with Gasteiger partial charge in [0.05, 0.1) is 0 Å². The summed E-state index contributed by atoms with van der Waals surface area (Å²) < 4.78 is 0. The average Bonchev–Trinajstić information content (AvgIpc) is 1.84. The van der Waals surface area contributed by atoms with Gasteiger partial charge in [-0.05, 0) is 13.8 Å². The molecule has 0 fully saturated rings. The molecule has 12 heavy (non-hydrogen) atoms. The highest BCUT2D eigenvalue weighted by molar-refractivity contribution is 7.89. The Morgan fingerprint density at radius 3 is 1.42 bits per heavy atom. The van der Waals surface area contributed by atoms with E-state index in [0.717, 1.165) is 0 Å². The van der Waals surface area contributed by atoms with Crippen LogP contribution in [-0.2, 0) is 0 Å². The summed E-state index contributed by atoms with van der Waals surface area (Å²) in [5, 5.41) is 22.8. The summed E-state index contributed by atoms with van der Waals surface area (Å²) in [7, 11) is 0. The summed E-state index contributed by atoms with van der Waals surface area (Å²) in [6.07, 6.45) is -1.49. The van der Waals surface area contributed by atoms with E-state index in [2.05, 4.69) is 10.6 Å². The van der Waals surface area contributed by atoms with Crippen molar-refractivity contribution in [2.24, 2.45) is 0 Å². The van der Waals surface area contributed by atoms with E-state index >= 15 is 0 Å². The van der Waals surface area contributed by atoms with Crippen molar-refractivity contribution in [2.75, 3.05) is 0 Å². The summed E-state index contributed by atoms with van der Waals surface area (Å²) in [5.74, 6) is 0. The van der Waals surface area contributed by atoms with Gasteiger partial charge in [0.1, 0.15) is 22.4 Å². The van der Waals surface area contributed by atoms with Crippen LogP contribution in [0.5, 0.6) is 0 Å². The molecule has 0 aliphatic rings. The van der Waals surface area contributed by atoms with Gasteiger partial charge in [-0.3, -0.25) is 0 Å². The summed E-state index contributed by atoms with van der Waals surface area (Å²) in [5.41, 5.74) is 0. The van der Waals surface area contributed by atoms with Gasteiger partial charge in [0.2, 0.25) is 0 Å². The van der Waals surface area contributed by atoms with Crippen LogP contribution in [0, 0.1) is 0 Å². The van der Waals surface area contributed by atoms with Gasteiger partial charge in [-0.1, -0.05) is 24.4 Å². The van der Waals surface area contributed by atoms with Crippen molar-refractivity contribution >= 4 is 34.4 Å². The van der Waals surface area contributed by atoms with E-state index in [1.54, 1.807) is 0 Å². The number of thiocarbonyl (C=S) groups is 2. The van der Waals surface area contributed by atoms with Gasteiger partial charge in [0.15, 0.2) is 0 Å². The third kappa shape index (κ3) is 5.36. The average molecular weight is 208 g/mol. The molecule has 70 valence electrons. The Kier molecular flexibility index (Phi) is 5.23. The van der Waals surface area contributed by atoms with Crippen molar-refractivity contribution < 1.29 is 10.2 Å². The van der Waals surface area contributed by atoms with E-state index in [1.165, 1.54) is 13.8 Å². The predicted molar refractivity (Wildman–Crippen MR) is 54.8 cm³/mol. The van der Waals surface area contributed by atoms with Gasteiger partial charge in [-0.25, -0.2) is 0 Å². The number of hydrogen-bond acceptors (Lipinski definition) is 4. The van der Waals surface area contributed by atoms with Crippen LogP contribution in [0.25, 0.3) is 0 Å². The lowest BCUT2D eigenvalue weighted by Crippen LogP contribution is -2.44. The quantitative estimate of drug-likeness (QED) is 0.362. The largest absolute Gasteiger partial charge is 0.374 e. The second-order valence-electron chi connectivity index (χ2n) is 2.30. The van der Waals surface area contributed by atoms with Crippen LogP contribution in [0.2, 0.25) is 0 Å². The van der Waals surface area contributed by atoms with E-state index in [0.29, 0.717) is 0 Å². The zero-order valence-electron chi connectivity index (χ0n) is 6.87. The van der Waals surface area contributed by atoms with Gasteiger partial charge in [-0.2, -0.15) is 0 Å². The molecule has 6 heteroatoms. The fraction of sp³-hybridized carbons (Fsp3) is 0.667. The second-order valence-corrected chi connectivity index (χ2v) is 3.12. The molecule has 0 saturated carbocycles. The van der Waals surface area contributed by atoms with Crippen LogP contribution in [0.15, 0.2) is 0 Å². The SMILES string of the molecule is CC(O)NC(=S)C(=S)NC(C)O. The smallest absolute Gasteiger partial charge is 0.136 e. The Bertz CT molecular complexity index is 162. The molecular weight excluding hydrogens is 196 g/mol. The van der Waals surface area contributed by atoms with Crippen LogP contribution < -0.4 is 10.6 Å². The van der Waals surface area contributed by atoms with Gasteiger partial charge in [-0.15, -0.1) is 0 Å². The second kappa shape index (κ2) is 5.36. The van der Waals surface area contributed by atoms with Crippen LogP contribution in [0.1, 0.15) is 13.8 Å². The number of rotatable bonds is 2. The van der Waals surface area contributed by atoms with Gasteiger partial charge < -0.3 is 20.8 Å². The molecule has 0 heterocycles. The maximum atomic E-state index is 8.86. The minimum atomic E-state index is -0.744. The van der Waals surface area contributed by atoms with Crippen LogP contribution in [0.3, 0.4) is 0 Å². The summed E-state index contributed by atoms with van der Waals surface area (Å²) in [6.45, 7) is 3.05. The normalized spacial score (nSPS) is 14.7. The minimum Gasteiger partial charge on any atom is -0.374 e. The Labute approximate surface area is 82.0 Å². The molecule has 2 atom stereocenters. The maximum absolute atomic E-state index is 8.86. The lowest BCUT2D eigenvalue weighted by atomic mass is 10.5. The molecule has 0 bridgehead atoms. The molecule has 2 unspecified atom stereocenters. The van der Waals surface area contributed by atoms with E-state index < -0.39 is 12.5 Å². The minimum absolute atomic E-state index is 0.223. The molecule has 4 nitrogen and oxygen atoms in total. The third-order valence-electron chi connectivity index (χ3n) is 0.886. The molecular formula is C6H12N2O2S2. The van der Waals surface area contributed by atoms with E-state index in [1.807, 2.05) is 0 Å². The van der Waals surface area contributed by atoms with Crippen LogP contribution >= 0.6 is 24.4 Å². The lowest BCUT2D eigenvalue weighted by molar-refractivity contribution is 0.177. The number of hydrogen-bond donors (Lipinski definition) is 4. The number of aliphatic hydroxyl groups is 2. The fourth-order valence-electron chi connectivity index (χ4n) is 0.511. The summed E-state index contributed by atoms with van der Waals surface area (Å²) in [4.78, 5) is 0.446. The molecule has 0 spiro atoms. The Morgan fingerprint density at radius 1 is 1.00 bits per heavy atom. The molecule has 0 aromatic carbocycles. The van der Waals surface area contributed by atoms with Gasteiger partial charge >= 0.3 is 0 Å². The Hall–Kier alpha value is -0.300. The highest BCUT2D eigenvalue weighted by Gasteiger charge is 2.07. The topological polar surface area (TPSA) is 64.5 Å². The molecule has 0 saturated heterocycles. The maximum Gasteiger partial charge on any atom is 0.136 e. The first-order valence-electron chi connectivity index (χ1n) is 3.41. The standard InChI is InChI=1S/C6H12N2O2S2/c1-3(9)7-5(11)6(12)8-4(2)10/h3-4,9-10H,1-2H3,(H,7,11)(H,8,12). The molecule has 0 aliphatic carbocycles. The number of aliphatic hydroxyl groups excluding tert-OH is 2. The van der Waals surface area contributed by atoms with Crippen molar-refractivity contribution in [1.29, 1.82) is 0 Å². The van der Waals surface area contributed by atoms with Crippen molar-refractivity contribution in [1.82, 2.24) is 10.6 Å². The molecule has 0 aromatic heterocycles. The Morgan fingerprint density at radius 2 is 1.25 bits per heavy atom. The van der Waals surface area contributed by atoms with E-state index in [4.69, 9.17) is 34.6 Å². The van der Waals surface area contributed by atoms with Gasteiger partial charge in [0, 0.05) is 0 Å². The molecule has 0 aromatic rings. The molecule has 0 radical (unpaired) electrons. The molecule has 0 aliphatic heterocycles. The first-order valence-corrected chi connectivity index (χ1v) is 4.22. The van der Waals surface area contributed by atoms with E-state index in [-0.39, 0.29) is 9.98 Å². The van der Waals surface area contributed by atoms with Crippen molar-refractivity contribution in [3.8, 4) is 0 Å². The lowest BCUT2D eigenvalue weighted by Gasteiger charge is -2.14. The zero-order valence-corrected chi connectivity index (χ0v) is 8.50. The summed E-state index contributed by atoms with van der Waals surface area (Å²) >= 11 is 9.57. The monoisotopic (exact) mass is 208 g/mol. The first-order chi connectivity index (χ1) is 5.43. The van der Waals surface area contributed by atoms with Gasteiger partial charge in [0.25, 0.3) is 0 Å². The van der Waals surface area contributed by atoms with Crippen molar-refractivity contribution in [2.45, 2.75) is 26.3 Å². The highest BCUT2D eigenvalue weighted by atomic mass is 32.1. The highest BCUT2D eigenvalue weighted by Crippen LogP contribution is 1.83. The van der Waals surface area contributed by atoms with Crippen LogP contribution in [-0.4, -0.2) is 32.6 Å². The van der Waals surface area contributed by atoms with Crippen LogP contribution in [0.4, 0.5) is 0 Å². The number of nitrogens with one attached hydrogen (secondary N) is 2. The van der Waals surface area contributed by atoms with Crippen molar-refractivity contribution in [3.63, 3.8) is 0 Å². The third-order valence-corrected chi connectivity index (χ3v) is 1.66. The molecule has 0 amide bonds.